The number of nitrogens with one attached hydrogen (secondary N) is 1. The fraction of sp³-hybridized carbons (Fsp3) is 0.409. The van der Waals surface area contributed by atoms with Gasteiger partial charge in [0.05, 0.1) is 24.5 Å². The lowest BCUT2D eigenvalue weighted by Gasteiger charge is -2.21. The van der Waals surface area contributed by atoms with Crippen LogP contribution in [0.25, 0.3) is 11.1 Å². The Balaban J connectivity index is 1.84. The molecule has 0 bridgehead atoms. The van der Waals surface area contributed by atoms with E-state index < -0.39 is 33.4 Å². The Kier molecular flexibility index (Phi) is 6.70. The number of hydrogen-bond acceptors (Lipinski definition) is 4. The van der Waals surface area contributed by atoms with Gasteiger partial charge < -0.3 is 4.74 Å². The van der Waals surface area contributed by atoms with Crippen LogP contribution in [0.1, 0.15) is 48.0 Å². The monoisotopic (exact) mass is 419 g/mol. The summed E-state index contributed by atoms with van der Waals surface area (Å²) in [5.74, 6) is -0.623. The van der Waals surface area contributed by atoms with Crippen LogP contribution in [0.5, 0.6) is 5.75 Å². The number of carbonyl (C=O) groups excluding carboxylic acids is 1. The first-order chi connectivity index (χ1) is 13.8. The number of rotatable bonds is 7. The van der Waals surface area contributed by atoms with Gasteiger partial charge in [-0.15, -0.1) is 0 Å². The lowest BCUT2D eigenvalue weighted by Crippen LogP contribution is -2.38. The van der Waals surface area contributed by atoms with E-state index in [2.05, 4.69) is 4.72 Å². The minimum atomic E-state index is -3.60. The van der Waals surface area contributed by atoms with E-state index in [4.69, 9.17) is 4.74 Å². The number of ketones is 1. The summed E-state index contributed by atoms with van der Waals surface area (Å²) in [6, 6.07) is 10.4. The zero-order valence-corrected chi connectivity index (χ0v) is 17.5. The Hall–Kier alpha value is -2.25. The maximum absolute atomic E-state index is 14.7. The maximum atomic E-state index is 14.7. The number of aryl methyl sites for hydroxylation is 1. The second-order valence-corrected chi connectivity index (χ2v) is 9.45. The van der Waals surface area contributed by atoms with Gasteiger partial charge in [0.1, 0.15) is 11.6 Å². The number of sulfonamides is 1. The molecule has 0 radical (unpaired) electrons. The number of para-hydroxylation sites is 1. The normalized spacial score (nSPS) is 15.3. The number of carbonyl (C=O) groups is 1. The molecule has 0 atom stereocenters. The third-order valence-corrected chi connectivity index (χ3v) is 7.29. The number of ether oxygens (including phenoxy) is 1. The molecule has 0 unspecified atom stereocenters. The molecule has 1 aliphatic rings. The van der Waals surface area contributed by atoms with Gasteiger partial charge in [-0.1, -0.05) is 37.5 Å². The highest BCUT2D eigenvalue weighted by molar-refractivity contribution is 7.90. The minimum absolute atomic E-state index is 0.128. The highest BCUT2D eigenvalue weighted by Gasteiger charge is 2.28. The Morgan fingerprint density at radius 2 is 1.86 bits per heavy atom. The van der Waals surface area contributed by atoms with Crippen molar-refractivity contribution in [3.05, 3.63) is 53.3 Å². The van der Waals surface area contributed by atoms with E-state index in [1.54, 1.807) is 26.2 Å². The van der Waals surface area contributed by atoms with Crippen LogP contribution in [0.3, 0.4) is 0 Å². The van der Waals surface area contributed by atoms with Crippen LogP contribution in [0.2, 0.25) is 0 Å². The maximum Gasteiger partial charge on any atom is 0.214 e. The van der Waals surface area contributed by atoms with E-state index >= 15 is 0 Å². The summed E-state index contributed by atoms with van der Waals surface area (Å²) in [5, 5.41) is -0.476. The van der Waals surface area contributed by atoms with Gasteiger partial charge in [-0.2, -0.15) is 0 Å². The molecule has 156 valence electrons. The zero-order chi connectivity index (χ0) is 21.0. The molecule has 29 heavy (non-hydrogen) atoms. The van der Waals surface area contributed by atoms with E-state index in [9.17, 15) is 17.6 Å². The van der Waals surface area contributed by atoms with Crippen molar-refractivity contribution in [3.8, 4) is 16.9 Å². The Labute approximate surface area is 171 Å². The number of halogens is 1. The molecule has 5 nitrogen and oxygen atoms in total. The van der Waals surface area contributed by atoms with E-state index in [-0.39, 0.29) is 5.56 Å². The van der Waals surface area contributed by atoms with E-state index in [1.165, 1.54) is 6.07 Å². The van der Waals surface area contributed by atoms with Gasteiger partial charge >= 0.3 is 0 Å². The lowest BCUT2D eigenvalue weighted by molar-refractivity contribution is 0.0993. The van der Waals surface area contributed by atoms with Crippen molar-refractivity contribution in [2.45, 2.75) is 44.3 Å². The average Bonchev–Trinajstić information content (AvgIpc) is 2.74. The number of benzene rings is 2. The molecular weight excluding hydrogens is 393 g/mol. The van der Waals surface area contributed by atoms with Crippen LogP contribution in [0.4, 0.5) is 4.39 Å². The highest BCUT2D eigenvalue weighted by atomic mass is 32.2. The number of hydrogen-bond donors (Lipinski definition) is 1. The fourth-order valence-corrected chi connectivity index (χ4v) is 5.29. The molecule has 0 heterocycles. The molecule has 1 aliphatic carbocycles. The quantitative estimate of drug-likeness (QED) is 0.681. The smallest absolute Gasteiger partial charge is 0.214 e. The Morgan fingerprint density at radius 3 is 2.55 bits per heavy atom. The van der Waals surface area contributed by atoms with Crippen molar-refractivity contribution in [1.29, 1.82) is 0 Å². The minimum Gasteiger partial charge on any atom is -0.496 e. The van der Waals surface area contributed by atoms with E-state index in [1.807, 2.05) is 18.2 Å². The molecule has 0 saturated heterocycles. The number of methoxy groups -OCH3 is 1. The predicted octanol–water partition coefficient (Wildman–Crippen LogP) is 4.24. The molecule has 1 N–H and O–H groups in total. The standard InChI is InChI=1S/C22H26FNO4S/c1-15-12-16(18-10-6-7-11-21(18)28-2)13-19(22(15)23)20(25)14-24-29(26,27)17-8-4-3-5-9-17/h6-7,10-13,17,24H,3-5,8-9,14H2,1-2H3. The van der Waals surface area contributed by atoms with Crippen LogP contribution in [0.15, 0.2) is 36.4 Å². The van der Waals surface area contributed by atoms with Crippen LogP contribution in [-0.2, 0) is 10.0 Å². The van der Waals surface area contributed by atoms with Gasteiger partial charge in [0, 0.05) is 5.56 Å². The molecule has 0 amide bonds. The van der Waals surface area contributed by atoms with Crippen molar-refractivity contribution < 1.29 is 22.3 Å². The van der Waals surface area contributed by atoms with Gasteiger partial charge in [-0.05, 0) is 49.1 Å². The fourth-order valence-electron chi connectivity index (χ4n) is 3.77. The van der Waals surface area contributed by atoms with Gasteiger partial charge in [-0.3, -0.25) is 4.79 Å². The molecule has 0 aliphatic heterocycles. The second kappa shape index (κ2) is 9.05. The molecule has 0 aromatic heterocycles. The topological polar surface area (TPSA) is 72.5 Å². The van der Waals surface area contributed by atoms with Crippen molar-refractivity contribution in [2.24, 2.45) is 0 Å². The Bertz CT molecular complexity index is 998. The molecule has 2 aromatic carbocycles. The van der Waals surface area contributed by atoms with Crippen molar-refractivity contribution in [3.63, 3.8) is 0 Å². The molecule has 2 aromatic rings. The molecular formula is C22H26FNO4S. The highest BCUT2D eigenvalue weighted by Crippen LogP contribution is 2.32. The third-order valence-electron chi connectivity index (χ3n) is 5.40. The Morgan fingerprint density at radius 1 is 1.17 bits per heavy atom. The van der Waals surface area contributed by atoms with E-state index in [0.717, 1.165) is 24.8 Å². The number of Topliss-reactive ketones (excluding diaryl/α,β-unsaturated/α-hetero) is 1. The summed E-state index contributed by atoms with van der Waals surface area (Å²) in [4.78, 5) is 12.7. The zero-order valence-electron chi connectivity index (χ0n) is 16.7. The van der Waals surface area contributed by atoms with Crippen molar-refractivity contribution in [1.82, 2.24) is 4.72 Å². The lowest BCUT2D eigenvalue weighted by atomic mass is 9.97. The summed E-state index contributed by atoms with van der Waals surface area (Å²) in [6.45, 7) is 1.13. The first-order valence-electron chi connectivity index (χ1n) is 9.78. The molecule has 1 saturated carbocycles. The first-order valence-corrected chi connectivity index (χ1v) is 11.3. The van der Waals surface area contributed by atoms with Gasteiger partial charge in [0.15, 0.2) is 5.78 Å². The molecule has 7 heteroatoms. The largest absolute Gasteiger partial charge is 0.496 e. The first kappa shape index (κ1) is 21.5. The average molecular weight is 420 g/mol. The van der Waals surface area contributed by atoms with Crippen LogP contribution in [-0.4, -0.2) is 33.1 Å². The van der Waals surface area contributed by atoms with E-state index in [0.29, 0.717) is 29.7 Å². The molecule has 3 rings (SSSR count). The van der Waals surface area contributed by atoms with Crippen LogP contribution < -0.4 is 9.46 Å². The molecule has 0 spiro atoms. The van der Waals surface area contributed by atoms with Gasteiger partial charge in [-0.25, -0.2) is 17.5 Å². The predicted molar refractivity (Wildman–Crippen MR) is 111 cm³/mol. The van der Waals surface area contributed by atoms with Crippen molar-refractivity contribution in [2.75, 3.05) is 13.7 Å². The molecule has 1 fully saturated rings. The summed E-state index contributed by atoms with van der Waals surface area (Å²) >= 11 is 0. The third kappa shape index (κ3) is 4.85. The van der Waals surface area contributed by atoms with Gasteiger partial charge in [0.25, 0.3) is 0 Å². The summed E-state index contributed by atoms with van der Waals surface area (Å²) in [5.41, 5.74) is 1.55. The van der Waals surface area contributed by atoms with Crippen molar-refractivity contribution >= 4 is 15.8 Å². The van der Waals surface area contributed by atoms with Crippen LogP contribution >= 0.6 is 0 Å². The van der Waals surface area contributed by atoms with Gasteiger partial charge in [0.2, 0.25) is 10.0 Å². The summed E-state index contributed by atoms with van der Waals surface area (Å²) in [6.07, 6.45) is 3.97. The summed E-state index contributed by atoms with van der Waals surface area (Å²) < 4.78 is 47.4. The van der Waals surface area contributed by atoms with Crippen LogP contribution in [0, 0.1) is 12.7 Å². The SMILES string of the molecule is COc1ccccc1-c1cc(C)c(F)c(C(=O)CNS(=O)(=O)C2CCCCC2)c1. The summed E-state index contributed by atoms with van der Waals surface area (Å²) in [7, 11) is -2.05. The second-order valence-electron chi connectivity index (χ2n) is 7.40.